The molecule has 1 N–H and O–H groups in total. The van der Waals surface area contributed by atoms with Crippen molar-refractivity contribution < 1.29 is 0 Å². The van der Waals surface area contributed by atoms with Crippen molar-refractivity contribution in [2.45, 2.75) is 45.6 Å². The zero-order valence-electron chi connectivity index (χ0n) is 12.9. The Labute approximate surface area is 131 Å². The molecular formula is C18H24N2S. The Hall–Kier alpha value is -1.19. The van der Waals surface area contributed by atoms with Crippen molar-refractivity contribution in [1.82, 2.24) is 10.3 Å². The number of hydrogen-bond donors (Lipinski definition) is 1. The van der Waals surface area contributed by atoms with Gasteiger partial charge in [0.1, 0.15) is 0 Å². The van der Waals surface area contributed by atoms with Gasteiger partial charge in [-0.05, 0) is 63.1 Å². The quantitative estimate of drug-likeness (QED) is 0.838. The third-order valence-electron chi connectivity index (χ3n) is 4.21. The molecule has 0 amide bonds. The minimum atomic E-state index is 0.633. The number of aromatic nitrogens is 1. The number of hydrogen-bond acceptors (Lipinski definition) is 3. The van der Waals surface area contributed by atoms with E-state index in [1.165, 1.54) is 34.7 Å². The zero-order chi connectivity index (χ0) is 14.7. The number of aryl methyl sites for hydroxylation is 2. The van der Waals surface area contributed by atoms with Crippen molar-refractivity contribution >= 4 is 11.3 Å². The van der Waals surface area contributed by atoms with Crippen LogP contribution in [0.2, 0.25) is 0 Å². The summed E-state index contributed by atoms with van der Waals surface area (Å²) in [4.78, 5) is 4.65. The first kappa shape index (κ1) is 14.7. The molecule has 0 bridgehead atoms. The number of rotatable bonds is 7. The SMILES string of the molecule is Cc1nc(CC(CNC2CC2)Cc2ccccc2C)cs1. The molecule has 0 aliphatic heterocycles. The van der Waals surface area contributed by atoms with Gasteiger partial charge >= 0.3 is 0 Å². The van der Waals surface area contributed by atoms with Gasteiger partial charge in [0.15, 0.2) is 0 Å². The van der Waals surface area contributed by atoms with Crippen LogP contribution in [0.1, 0.15) is 34.7 Å². The van der Waals surface area contributed by atoms with E-state index in [2.05, 4.69) is 53.8 Å². The maximum Gasteiger partial charge on any atom is 0.0897 e. The van der Waals surface area contributed by atoms with Crippen molar-refractivity contribution in [3.63, 3.8) is 0 Å². The summed E-state index contributed by atoms with van der Waals surface area (Å²) < 4.78 is 0. The molecule has 1 atom stereocenters. The highest BCUT2D eigenvalue weighted by molar-refractivity contribution is 7.09. The summed E-state index contributed by atoms with van der Waals surface area (Å²) >= 11 is 1.76. The first-order chi connectivity index (χ1) is 10.2. The lowest BCUT2D eigenvalue weighted by Gasteiger charge is -2.18. The van der Waals surface area contributed by atoms with Crippen molar-refractivity contribution in [3.8, 4) is 0 Å². The van der Waals surface area contributed by atoms with Crippen molar-refractivity contribution in [2.75, 3.05) is 6.54 Å². The molecule has 1 aliphatic carbocycles. The third-order valence-corrected chi connectivity index (χ3v) is 5.03. The second-order valence-corrected chi connectivity index (χ2v) is 7.30. The average molecular weight is 300 g/mol. The van der Waals surface area contributed by atoms with E-state index >= 15 is 0 Å². The Bertz CT molecular complexity index is 586. The van der Waals surface area contributed by atoms with Gasteiger partial charge < -0.3 is 5.32 Å². The Balaban J connectivity index is 1.67. The highest BCUT2D eigenvalue weighted by Gasteiger charge is 2.22. The fourth-order valence-corrected chi connectivity index (χ4v) is 3.41. The zero-order valence-corrected chi connectivity index (χ0v) is 13.7. The molecule has 0 spiro atoms. The molecule has 1 aromatic heterocycles. The number of nitrogens with one attached hydrogen (secondary N) is 1. The molecule has 21 heavy (non-hydrogen) atoms. The number of thiazole rings is 1. The summed E-state index contributed by atoms with van der Waals surface area (Å²) in [6.45, 7) is 5.41. The lowest BCUT2D eigenvalue weighted by molar-refractivity contribution is 0.464. The molecule has 1 aliphatic rings. The van der Waals surface area contributed by atoms with E-state index in [1.54, 1.807) is 11.3 Å². The molecule has 1 aromatic carbocycles. The van der Waals surface area contributed by atoms with E-state index in [0.29, 0.717) is 5.92 Å². The van der Waals surface area contributed by atoms with Crippen LogP contribution in [-0.2, 0) is 12.8 Å². The van der Waals surface area contributed by atoms with Crippen LogP contribution >= 0.6 is 11.3 Å². The predicted molar refractivity (Wildman–Crippen MR) is 90.0 cm³/mol. The molecular weight excluding hydrogens is 276 g/mol. The first-order valence-corrected chi connectivity index (χ1v) is 8.77. The van der Waals surface area contributed by atoms with Gasteiger partial charge in [-0.25, -0.2) is 4.98 Å². The molecule has 1 saturated carbocycles. The summed E-state index contributed by atoms with van der Waals surface area (Å²) in [5.74, 6) is 0.633. The molecule has 112 valence electrons. The standard InChI is InChI=1S/C18H24N2S/c1-13-5-3-4-6-16(13)9-15(11-19-17-7-8-17)10-18-12-21-14(2)20-18/h3-6,12,15,17,19H,7-11H2,1-2H3. The summed E-state index contributed by atoms with van der Waals surface area (Å²) in [6, 6.07) is 9.54. The van der Waals surface area contributed by atoms with Gasteiger partial charge in [-0.15, -0.1) is 11.3 Å². The van der Waals surface area contributed by atoms with Gasteiger partial charge in [-0.3, -0.25) is 0 Å². The monoisotopic (exact) mass is 300 g/mol. The molecule has 3 heteroatoms. The van der Waals surface area contributed by atoms with Crippen molar-refractivity contribution in [3.05, 3.63) is 51.5 Å². The van der Waals surface area contributed by atoms with Crippen molar-refractivity contribution in [1.29, 1.82) is 0 Å². The van der Waals surface area contributed by atoms with Crippen LogP contribution in [-0.4, -0.2) is 17.6 Å². The van der Waals surface area contributed by atoms with E-state index in [1.807, 2.05) is 0 Å². The van der Waals surface area contributed by atoms with Crippen LogP contribution in [0, 0.1) is 19.8 Å². The van der Waals surface area contributed by atoms with Crippen LogP contribution in [0.3, 0.4) is 0 Å². The topological polar surface area (TPSA) is 24.9 Å². The van der Waals surface area contributed by atoms with Crippen LogP contribution in [0.4, 0.5) is 0 Å². The van der Waals surface area contributed by atoms with Crippen LogP contribution in [0.5, 0.6) is 0 Å². The highest BCUT2D eigenvalue weighted by atomic mass is 32.1. The van der Waals surface area contributed by atoms with Gasteiger partial charge in [0.2, 0.25) is 0 Å². The molecule has 2 aromatic rings. The Morgan fingerprint density at radius 1 is 1.24 bits per heavy atom. The minimum absolute atomic E-state index is 0.633. The van der Waals surface area contributed by atoms with Crippen LogP contribution < -0.4 is 5.32 Å². The highest BCUT2D eigenvalue weighted by Crippen LogP contribution is 2.22. The molecule has 0 saturated heterocycles. The Morgan fingerprint density at radius 3 is 2.71 bits per heavy atom. The van der Waals surface area contributed by atoms with Crippen LogP contribution in [0.25, 0.3) is 0 Å². The molecule has 1 fully saturated rings. The summed E-state index contributed by atoms with van der Waals surface area (Å²) in [5.41, 5.74) is 4.14. The molecule has 1 unspecified atom stereocenters. The first-order valence-electron chi connectivity index (χ1n) is 7.89. The molecule has 0 radical (unpaired) electrons. The van der Waals surface area contributed by atoms with E-state index in [0.717, 1.165) is 25.4 Å². The average Bonchev–Trinajstić information content (AvgIpc) is 3.21. The lowest BCUT2D eigenvalue weighted by atomic mass is 9.92. The fourth-order valence-electron chi connectivity index (χ4n) is 2.79. The number of nitrogens with zero attached hydrogens (tertiary/aromatic N) is 1. The van der Waals surface area contributed by atoms with E-state index in [9.17, 15) is 0 Å². The predicted octanol–water partition coefficient (Wildman–Crippen LogP) is 3.91. The van der Waals surface area contributed by atoms with Gasteiger partial charge in [-0.1, -0.05) is 24.3 Å². The third kappa shape index (κ3) is 4.39. The fraction of sp³-hybridized carbons (Fsp3) is 0.500. The largest absolute Gasteiger partial charge is 0.314 e. The summed E-state index contributed by atoms with van der Waals surface area (Å²) in [7, 11) is 0. The van der Waals surface area contributed by atoms with Crippen molar-refractivity contribution in [2.24, 2.45) is 5.92 Å². The van der Waals surface area contributed by atoms with E-state index < -0.39 is 0 Å². The Morgan fingerprint density at radius 2 is 2.05 bits per heavy atom. The van der Waals surface area contributed by atoms with Gasteiger partial charge in [0, 0.05) is 11.4 Å². The smallest absolute Gasteiger partial charge is 0.0897 e. The van der Waals surface area contributed by atoms with Gasteiger partial charge in [0.05, 0.1) is 10.7 Å². The second-order valence-electron chi connectivity index (χ2n) is 6.24. The van der Waals surface area contributed by atoms with Gasteiger partial charge in [-0.2, -0.15) is 0 Å². The molecule has 2 nitrogen and oxygen atoms in total. The van der Waals surface area contributed by atoms with E-state index in [-0.39, 0.29) is 0 Å². The summed E-state index contributed by atoms with van der Waals surface area (Å²) in [6.07, 6.45) is 4.93. The molecule has 3 rings (SSSR count). The maximum absolute atomic E-state index is 4.65. The normalized spacial score (nSPS) is 16.1. The Kier molecular flexibility index (Phi) is 4.71. The second kappa shape index (κ2) is 6.71. The number of benzene rings is 1. The lowest BCUT2D eigenvalue weighted by Crippen LogP contribution is -2.27. The summed E-state index contributed by atoms with van der Waals surface area (Å²) in [5, 5.41) is 7.09. The molecule has 1 heterocycles. The van der Waals surface area contributed by atoms with E-state index in [4.69, 9.17) is 0 Å². The van der Waals surface area contributed by atoms with Crippen LogP contribution in [0.15, 0.2) is 29.6 Å². The van der Waals surface area contributed by atoms with Gasteiger partial charge in [0.25, 0.3) is 0 Å². The maximum atomic E-state index is 4.65. The minimum Gasteiger partial charge on any atom is -0.314 e.